The molecule has 32 heavy (non-hydrogen) atoms. The topological polar surface area (TPSA) is 76.7 Å². The molecule has 0 fully saturated rings. The molecular formula is C25H35ClN2O4. The Morgan fingerprint density at radius 1 is 0.781 bits per heavy atom. The molecule has 0 spiro atoms. The van der Waals surface area contributed by atoms with Gasteiger partial charge in [-0.3, -0.25) is 0 Å². The molecule has 2 aromatic carbocycles. The van der Waals surface area contributed by atoms with Gasteiger partial charge in [-0.15, -0.1) is 0 Å². The predicted octanol–water partition coefficient (Wildman–Crippen LogP) is 6.38. The lowest BCUT2D eigenvalue weighted by Crippen LogP contribution is -2.32. The van der Waals surface area contributed by atoms with E-state index < -0.39 is 17.3 Å². The van der Waals surface area contributed by atoms with Gasteiger partial charge in [-0.05, 0) is 71.7 Å². The molecule has 0 aliphatic rings. The van der Waals surface area contributed by atoms with E-state index in [9.17, 15) is 9.59 Å². The van der Waals surface area contributed by atoms with Crippen molar-refractivity contribution in [1.82, 2.24) is 10.6 Å². The molecule has 0 saturated heterocycles. The van der Waals surface area contributed by atoms with Crippen molar-refractivity contribution >= 4 is 23.8 Å². The lowest BCUT2D eigenvalue weighted by molar-refractivity contribution is 0.0512. The summed E-state index contributed by atoms with van der Waals surface area (Å²) in [5, 5.41) is 6.04. The van der Waals surface area contributed by atoms with Gasteiger partial charge in [0, 0.05) is 18.1 Å². The lowest BCUT2D eigenvalue weighted by atomic mass is 10.1. The fourth-order valence-electron chi connectivity index (χ4n) is 2.45. The molecule has 0 bridgehead atoms. The van der Waals surface area contributed by atoms with Crippen LogP contribution in [0.2, 0.25) is 5.02 Å². The lowest BCUT2D eigenvalue weighted by Gasteiger charge is -2.19. The maximum Gasteiger partial charge on any atom is 0.407 e. The zero-order valence-corrected chi connectivity index (χ0v) is 20.8. The standard InChI is InChI=1S/C13H19NO2.C12H16ClNO2/c1-10-6-5-7-11(8-10)9-14-12(15)16-13(2,3)4;1-12(2,3)16-11(15)14-8-9-5-4-6-10(13)7-9/h5-8H,9H2,1-4H3,(H,14,15);4-7H,8H2,1-3H3,(H,14,15). The van der Waals surface area contributed by atoms with Crippen molar-refractivity contribution in [2.24, 2.45) is 0 Å². The number of alkyl carbamates (subject to hydrolysis) is 2. The van der Waals surface area contributed by atoms with E-state index in [0.29, 0.717) is 18.1 Å². The van der Waals surface area contributed by atoms with Crippen molar-refractivity contribution in [1.29, 1.82) is 0 Å². The summed E-state index contributed by atoms with van der Waals surface area (Å²) in [6.07, 6.45) is -0.804. The molecular weight excluding hydrogens is 428 g/mol. The monoisotopic (exact) mass is 462 g/mol. The SMILES string of the molecule is CC(C)(C)OC(=O)NCc1cccc(Cl)c1.Cc1cccc(CNC(=O)OC(C)(C)C)c1. The fourth-order valence-corrected chi connectivity index (χ4v) is 2.66. The van der Waals surface area contributed by atoms with Gasteiger partial charge in [-0.25, -0.2) is 9.59 Å². The van der Waals surface area contributed by atoms with Crippen LogP contribution in [-0.2, 0) is 22.6 Å². The van der Waals surface area contributed by atoms with Crippen LogP contribution >= 0.6 is 11.6 Å². The van der Waals surface area contributed by atoms with Crippen molar-refractivity contribution in [2.45, 2.75) is 72.8 Å². The molecule has 0 radical (unpaired) electrons. The van der Waals surface area contributed by atoms with Gasteiger partial charge in [0.05, 0.1) is 0 Å². The maximum absolute atomic E-state index is 11.4. The van der Waals surface area contributed by atoms with Gasteiger partial charge in [-0.2, -0.15) is 0 Å². The van der Waals surface area contributed by atoms with Crippen molar-refractivity contribution in [2.75, 3.05) is 0 Å². The van der Waals surface area contributed by atoms with Crippen molar-refractivity contribution in [3.8, 4) is 0 Å². The first-order valence-corrected chi connectivity index (χ1v) is 10.8. The highest BCUT2D eigenvalue weighted by Crippen LogP contribution is 2.11. The van der Waals surface area contributed by atoms with Crippen LogP contribution < -0.4 is 10.6 Å². The van der Waals surface area contributed by atoms with Gasteiger partial charge in [0.25, 0.3) is 0 Å². The summed E-state index contributed by atoms with van der Waals surface area (Å²) in [6.45, 7) is 13.9. The molecule has 0 atom stereocenters. The van der Waals surface area contributed by atoms with Gasteiger partial charge in [0.1, 0.15) is 11.2 Å². The predicted molar refractivity (Wildman–Crippen MR) is 129 cm³/mol. The number of aryl methyl sites for hydroxylation is 1. The van der Waals surface area contributed by atoms with E-state index in [-0.39, 0.29) is 6.09 Å². The average Bonchev–Trinajstić information content (AvgIpc) is 2.63. The van der Waals surface area contributed by atoms with Crippen LogP contribution in [0.4, 0.5) is 9.59 Å². The van der Waals surface area contributed by atoms with E-state index in [1.807, 2.05) is 84.9 Å². The Balaban J connectivity index is 0.000000320. The molecule has 2 rings (SSSR count). The zero-order chi connectivity index (χ0) is 24.4. The van der Waals surface area contributed by atoms with Crippen molar-refractivity contribution in [3.63, 3.8) is 0 Å². The Morgan fingerprint density at radius 3 is 1.62 bits per heavy atom. The summed E-state index contributed by atoms with van der Waals surface area (Å²) in [5.41, 5.74) is 2.28. The molecule has 2 aromatic rings. The number of halogens is 1. The first kappa shape index (κ1) is 27.3. The van der Waals surface area contributed by atoms with Crippen LogP contribution in [0, 0.1) is 6.92 Å². The molecule has 6 nitrogen and oxygen atoms in total. The first-order chi connectivity index (χ1) is 14.7. The molecule has 0 unspecified atom stereocenters. The highest BCUT2D eigenvalue weighted by Gasteiger charge is 2.16. The van der Waals surface area contributed by atoms with Crippen LogP contribution in [0.25, 0.3) is 0 Å². The number of ether oxygens (including phenoxy) is 2. The minimum absolute atomic E-state index is 0.381. The normalized spacial score (nSPS) is 11.0. The van der Waals surface area contributed by atoms with Gasteiger partial charge in [0.15, 0.2) is 0 Å². The molecule has 2 amide bonds. The number of amides is 2. The first-order valence-electron chi connectivity index (χ1n) is 10.5. The van der Waals surface area contributed by atoms with Gasteiger partial charge >= 0.3 is 12.2 Å². The number of hydrogen-bond donors (Lipinski definition) is 2. The average molecular weight is 463 g/mol. The minimum Gasteiger partial charge on any atom is -0.444 e. The molecule has 0 heterocycles. The van der Waals surface area contributed by atoms with Crippen LogP contribution in [0.5, 0.6) is 0 Å². The summed E-state index contributed by atoms with van der Waals surface area (Å²) >= 11 is 5.82. The summed E-state index contributed by atoms with van der Waals surface area (Å²) < 4.78 is 10.2. The Hall–Kier alpha value is -2.73. The Morgan fingerprint density at radius 2 is 1.22 bits per heavy atom. The minimum atomic E-state index is -0.474. The Labute approximate surface area is 196 Å². The van der Waals surface area contributed by atoms with Gasteiger partial charge in [0.2, 0.25) is 0 Å². The third-order valence-electron chi connectivity index (χ3n) is 3.64. The second kappa shape index (κ2) is 12.3. The molecule has 0 aliphatic heterocycles. The van der Waals surface area contributed by atoms with Crippen molar-refractivity contribution < 1.29 is 19.1 Å². The van der Waals surface area contributed by atoms with E-state index in [1.54, 1.807) is 12.1 Å². The van der Waals surface area contributed by atoms with E-state index in [1.165, 1.54) is 5.56 Å². The zero-order valence-electron chi connectivity index (χ0n) is 20.0. The van der Waals surface area contributed by atoms with E-state index >= 15 is 0 Å². The van der Waals surface area contributed by atoms with Crippen LogP contribution in [-0.4, -0.2) is 23.4 Å². The van der Waals surface area contributed by atoms with Crippen LogP contribution in [0.1, 0.15) is 58.2 Å². The number of rotatable bonds is 4. The van der Waals surface area contributed by atoms with Crippen LogP contribution in [0.15, 0.2) is 48.5 Å². The Kier molecular flexibility index (Phi) is 10.5. The molecule has 0 aromatic heterocycles. The Bertz CT molecular complexity index is 812. The summed E-state index contributed by atoms with van der Waals surface area (Å²) in [4.78, 5) is 22.7. The molecule has 2 N–H and O–H groups in total. The molecule has 176 valence electrons. The number of benzene rings is 2. The summed E-state index contributed by atoms with van der Waals surface area (Å²) in [7, 11) is 0. The molecule has 7 heteroatoms. The highest BCUT2D eigenvalue weighted by molar-refractivity contribution is 6.30. The smallest absolute Gasteiger partial charge is 0.407 e. The number of carbonyl (C=O) groups is 2. The third kappa shape index (κ3) is 13.5. The van der Waals surface area contributed by atoms with Gasteiger partial charge < -0.3 is 20.1 Å². The largest absolute Gasteiger partial charge is 0.444 e. The van der Waals surface area contributed by atoms with Crippen molar-refractivity contribution in [3.05, 3.63) is 70.2 Å². The molecule has 0 aliphatic carbocycles. The number of nitrogens with one attached hydrogen (secondary N) is 2. The fraction of sp³-hybridized carbons (Fsp3) is 0.440. The van der Waals surface area contributed by atoms with E-state index in [2.05, 4.69) is 10.6 Å². The second-order valence-corrected chi connectivity index (χ2v) is 9.77. The van der Waals surface area contributed by atoms with Gasteiger partial charge in [-0.1, -0.05) is 53.6 Å². The second-order valence-electron chi connectivity index (χ2n) is 9.33. The molecule has 0 saturated carbocycles. The summed E-state index contributed by atoms with van der Waals surface area (Å²) in [5.74, 6) is 0. The number of carbonyl (C=O) groups excluding carboxylic acids is 2. The quantitative estimate of drug-likeness (QED) is 0.552. The maximum atomic E-state index is 11.4. The van der Waals surface area contributed by atoms with E-state index in [0.717, 1.165) is 11.1 Å². The highest BCUT2D eigenvalue weighted by atomic mass is 35.5. The third-order valence-corrected chi connectivity index (χ3v) is 3.88. The van der Waals surface area contributed by atoms with E-state index in [4.69, 9.17) is 21.1 Å². The summed E-state index contributed by atoms with van der Waals surface area (Å²) in [6, 6.07) is 15.3. The van der Waals surface area contributed by atoms with Crippen LogP contribution in [0.3, 0.4) is 0 Å². The number of hydrogen-bond acceptors (Lipinski definition) is 4.